The highest BCUT2D eigenvalue weighted by Gasteiger charge is 2.07. The van der Waals surface area contributed by atoms with Gasteiger partial charge in [-0.2, -0.15) is 0 Å². The lowest BCUT2D eigenvalue weighted by Crippen LogP contribution is -2.16. The Balaban J connectivity index is 1.52. The number of amidine groups is 2. The fraction of sp³-hybridized carbons (Fsp3) is 0.0667. The van der Waals surface area contributed by atoms with Crippen molar-refractivity contribution in [2.45, 2.75) is 13.5 Å². The van der Waals surface area contributed by atoms with E-state index < -0.39 is 0 Å². The molecule has 0 unspecified atom stereocenters. The highest BCUT2D eigenvalue weighted by Crippen LogP contribution is 2.18. The topological polar surface area (TPSA) is 50.7 Å². The van der Waals surface area contributed by atoms with Crippen molar-refractivity contribution >= 4 is 33.2 Å². The van der Waals surface area contributed by atoms with Gasteiger partial charge in [0.15, 0.2) is 5.84 Å². The summed E-state index contributed by atoms with van der Waals surface area (Å²) >= 11 is 0. The number of hydrogen-bond donors (Lipinski definition) is 1. The molecule has 0 amide bonds. The molecule has 5 aromatic rings. The molecule has 0 aliphatic heterocycles. The summed E-state index contributed by atoms with van der Waals surface area (Å²) in [5.74, 6) is 1.09. The van der Waals surface area contributed by atoms with E-state index in [1.54, 1.807) is 0 Å². The standard InChI is InChI=1S/C30H25N3/c1-21-10-13-25(14-11-21)30(32-20-22-12-15-23-6-2-4-8-26(23)18-22)33-29(31)28-17-16-24-7-3-5-9-27(24)19-28/h2-19H,20H2,1H3,(H2,31,32,33). The van der Waals surface area contributed by atoms with E-state index in [9.17, 15) is 0 Å². The predicted octanol–water partition coefficient (Wildman–Crippen LogP) is 6.65. The van der Waals surface area contributed by atoms with Gasteiger partial charge in [0, 0.05) is 11.1 Å². The summed E-state index contributed by atoms with van der Waals surface area (Å²) in [6.45, 7) is 2.60. The maximum absolute atomic E-state index is 6.47. The second kappa shape index (κ2) is 9.09. The van der Waals surface area contributed by atoms with Gasteiger partial charge < -0.3 is 5.73 Å². The van der Waals surface area contributed by atoms with Crippen molar-refractivity contribution in [3.05, 3.63) is 131 Å². The fourth-order valence-electron chi connectivity index (χ4n) is 3.92. The molecule has 0 bridgehead atoms. The molecule has 0 atom stereocenters. The van der Waals surface area contributed by atoms with E-state index >= 15 is 0 Å². The van der Waals surface area contributed by atoms with Gasteiger partial charge in [0.2, 0.25) is 0 Å². The van der Waals surface area contributed by atoms with Crippen LogP contribution in [0.4, 0.5) is 0 Å². The molecule has 0 spiro atoms. The molecule has 0 heterocycles. The normalized spacial score (nSPS) is 12.4. The molecule has 3 heteroatoms. The van der Waals surface area contributed by atoms with Crippen LogP contribution < -0.4 is 5.73 Å². The fourth-order valence-corrected chi connectivity index (χ4v) is 3.92. The van der Waals surface area contributed by atoms with Crippen LogP contribution in [0.15, 0.2) is 119 Å². The summed E-state index contributed by atoms with van der Waals surface area (Å²) in [6.07, 6.45) is 0. The minimum Gasteiger partial charge on any atom is -0.383 e. The Hall–Kier alpha value is -4.24. The average molecular weight is 428 g/mol. The number of benzene rings is 5. The Kier molecular flexibility index (Phi) is 5.69. The van der Waals surface area contributed by atoms with Crippen LogP contribution in [-0.2, 0) is 6.54 Å². The molecule has 33 heavy (non-hydrogen) atoms. The number of nitrogens with two attached hydrogens (primary N) is 1. The molecule has 0 aliphatic rings. The highest BCUT2D eigenvalue weighted by molar-refractivity contribution is 6.11. The lowest BCUT2D eigenvalue weighted by atomic mass is 10.1. The van der Waals surface area contributed by atoms with E-state index in [1.165, 1.54) is 21.7 Å². The number of fused-ring (bicyclic) bond motifs is 2. The van der Waals surface area contributed by atoms with Gasteiger partial charge >= 0.3 is 0 Å². The number of aliphatic imine (C=N–C) groups is 2. The van der Waals surface area contributed by atoms with Gasteiger partial charge in [-0.05, 0) is 46.2 Å². The first-order valence-electron chi connectivity index (χ1n) is 11.1. The van der Waals surface area contributed by atoms with Crippen molar-refractivity contribution in [3.8, 4) is 0 Å². The molecule has 0 aliphatic carbocycles. The molecule has 0 saturated carbocycles. The van der Waals surface area contributed by atoms with Crippen molar-refractivity contribution in [1.29, 1.82) is 0 Å². The van der Waals surface area contributed by atoms with Gasteiger partial charge in [0.1, 0.15) is 5.84 Å². The highest BCUT2D eigenvalue weighted by atomic mass is 15.0. The molecule has 5 aromatic carbocycles. The van der Waals surface area contributed by atoms with Crippen molar-refractivity contribution in [2.75, 3.05) is 0 Å². The van der Waals surface area contributed by atoms with E-state index in [1.807, 2.05) is 30.3 Å². The van der Waals surface area contributed by atoms with Crippen molar-refractivity contribution in [3.63, 3.8) is 0 Å². The maximum Gasteiger partial charge on any atom is 0.157 e. The zero-order valence-electron chi connectivity index (χ0n) is 18.6. The monoisotopic (exact) mass is 427 g/mol. The van der Waals surface area contributed by atoms with Crippen LogP contribution in [0.25, 0.3) is 21.5 Å². The molecular weight excluding hydrogens is 402 g/mol. The van der Waals surface area contributed by atoms with Crippen molar-refractivity contribution in [1.82, 2.24) is 0 Å². The van der Waals surface area contributed by atoms with E-state index in [0.29, 0.717) is 18.2 Å². The van der Waals surface area contributed by atoms with Gasteiger partial charge in [-0.15, -0.1) is 0 Å². The summed E-state index contributed by atoms with van der Waals surface area (Å²) in [4.78, 5) is 9.65. The molecule has 0 aromatic heterocycles. The Morgan fingerprint density at radius 1 is 0.636 bits per heavy atom. The molecular formula is C30H25N3. The van der Waals surface area contributed by atoms with Crippen LogP contribution in [-0.4, -0.2) is 11.7 Å². The Morgan fingerprint density at radius 2 is 1.21 bits per heavy atom. The first kappa shape index (κ1) is 20.7. The van der Waals surface area contributed by atoms with Gasteiger partial charge in [-0.25, -0.2) is 4.99 Å². The first-order chi connectivity index (χ1) is 16.2. The second-order valence-electron chi connectivity index (χ2n) is 8.25. The molecule has 5 rings (SSSR count). The van der Waals surface area contributed by atoms with Crippen molar-refractivity contribution in [2.24, 2.45) is 15.7 Å². The second-order valence-corrected chi connectivity index (χ2v) is 8.25. The van der Waals surface area contributed by atoms with E-state index in [0.717, 1.165) is 22.1 Å². The summed E-state index contributed by atoms with van der Waals surface area (Å²) in [6, 6.07) is 37.4. The van der Waals surface area contributed by atoms with Gasteiger partial charge in [0.05, 0.1) is 6.54 Å². The Morgan fingerprint density at radius 3 is 1.91 bits per heavy atom. The molecule has 0 fully saturated rings. The van der Waals surface area contributed by atoms with Crippen LogP contribution in [0, 0.1) is 6.92 Å². The van der Waals surface area contributed by atoms with Crippen molar-refractivity contribution < 1.29 is 0 Å². The number of hydrogen-bond acceptors (Lipinski definition) is 1. The minimum absolute atomic E-state index is 0.457. The summed E-state index contributed by atoms with van der Waals surface area (Å²) < 4.78 is 0. The van der Waals surface area contributed by atoms with Crippen LogP contribution in [0.5, 0.6) is 0 Å². The van der Waals surface area contributed by atoms with E-state index in [-0.39, 0.29) is 0 Å². The number of nitrogens with zero attached hydrogens (tertiary/aromatic N) is 2. The van der Waals surface area contributed by atoms with Gasteiger partial charge in [-0.3, -0.25) is 4.99 Å². The first-order valence-corrected chi connectivity index (χ1v) is 11.1. The predicted molar refractivity (Wildman–Crippen MR) is 140 cm³/mol. The van der Waals surface area contributed by atoms with Gasteiger partial charge in [0.25, 0.3) is 0 Å². The molecule has 2 N–H and O–H groups in total. The lowest BCUT2D eigenvalue weighted by Gasteiger charge is -2.08. The average Bonchev–Trinajstić information content (AvgIpc) is 2.86. The summed E-state index contributed by atoms with van der Waals surface area (Å²) in [7, 11) is 0. The third-order valence-corrected chi connectivity index (χ3v) is 5.81. The summed E-state index contributed by atoms with van der Waals surface area (Å²) in [5.41, 5.74) is 10.6. The van der Waals surface area contributed by atoms with Crippen LogP contribution >= 0.6 is 0 Å². The largest absolute Gasteiger partial charge is 0.383 e. The minimum atomic E-state index is 0.457. The maximum atomic E-state index is 6.47. The quantitative estimate of drug-likeness (QED) is 0.253. The molecule has 160 valence electrons. The Labute approximate surface area is 193 Å². The third kappa shape index (κ3) is 4.68. The van der Waals surface area contributed by atoms with Crippen LogP contribution in [0.2, 0.25) is 0 Å². The zero-order chi connectivity index (χ0) is 22.6. The SMILES string of the molecule is Cc1ccc(C(N=C(N)c2ccc3ccccc3c2)=NCc2ccc3ccccc3c2)cc1. The summed E-state index contributed by atoms with van der Waals surface area (Å²) in [5, 5.41) is 4.75. The molecule has 0 radical (unpaired) electrons. The molecule has 3 nitrogen and oxygen atoms in total. The van der Waals surface area contributed by atoms with Gasteiger partial charge in [-0.1, -0.05) is 103 Å². The van der Waals surface area contributed by atoms with E-state index in [4.69, 9.17) is 15.7 Å². The smallest absolute Gasteiger partial charge is 0.157 e. The number of rotatable bonds is 4. The number of aryl methyl sites for hydroxylation is 1. The third-order valence-electron chi connectivity index (χ3n) is 5.81. The van der Waals surface area contributed by atoms with Crippen LogP contribution in [0.3, 0.4) is 0 Å². The van der Waals surface area contributed by atoms with Crippen LogP contribution in [0.1, 0.15) is 22.3 Å². The Bertz CT molecular complexity index is 1490. The molecule has 0 saturated heterocycles. The lowest BCUT2D eigenvalue weighted by molar-refractivity contribution is 1.06. The zero-order valence-corrected chi connectivity index (χ0v) is 18.6. The van der Waals surface area contributed by atoms with E-state index in [2.05, 4.69) is 85.8 Å².